The van der Waals surface area contributed by atoms with E-state index in [4.69, 9.17) is 0 Å². The highest BCUT2D eigenvalue weighted by Gasteiger charge is 2.15. The molecular weight excluding hydrogens is 421 g/mol. The largest absolute Gasteiger partial charge is 0.326 e. The molecule has 8 heteroatoms. The third-order valence-electron chi connectivity index (χ3n) is 5.57. The lowest BCUT2D eigenvalue weighted by atomic mass is 10.1. The van der Waals surface area contributed by atoms with Crippen molar-refractivity contribution in [2.24, 2.45) is 0 Å². The fraction of sp³-hybridized carbons (Fsp3) is 0.280. The summed E-state index contributed by atoms with van der Waals surface area (Å²) in [6.45, 7) is 4.08. The fourth-order valence-electron chi connectivity index (χ4n) is 3.71. The molecule has 0 saturated heterocycles. The number of nitrogens with one attached hydrogen (secondary N) is 1. The van der Waals surface area contributed by atoms with E-state index in [2.05, 4.69) is 22.3 Å². The van der Waals surface area contributed by atoms with Gasteiger partial charge in [-0.15, -0.1) is 0 Å². The van der Waals surface area contributed by atoms with Crippen LogP contribution in [0.1, 0.15) is 37.6 Å². The van der Waals surface area contributed by atoms with Gasteiger partial charge in [0.1, 0.15) is 17.0 Å². The van der Waals surface area contributed by atoms with E-state index < -0.39 is 0 Å². The second kappa shape index (κ2) is 9.77. The van der Waals surface area contributed by atoms with Gasteiger partial charge in [0, 0.05) is 18.7 Å². The molecule has 2 heterocycles. The van der Waals surface area contributed by atoms with Gasteiger partial charge >= 0.3 is 0 Å². The second-order valence-electron chi connectivity index (χ2n) is 7.98. The molecule has 0 saturated carbocycles. The van der Waals surface area contributed by atoms with E-state index in [0.29, 0.717) is 22.5 Å². The number of carbonyl (C=O) groups is 1. The number of benzene rings is 2. The lowest BCUT2D eigenvalue weighted by Gasteiger charge is -2.11. The third-order valence-corrected chi connectivity index (χ3v) is 5.57. The van der Waals surface area contributed by atoms with Crippen LogP contribution in [0.4, 0.5) is 10.1 Å². The highest BCUT2D eigenvalue weighted by Crippen LogP contribution is 2.16. The monoisotopic (exact) mass is 447 g/mol. The number of aryl methyl sites for hydroxylation is 2. The summed E-state index contributed by atoms with van der Waals surface area (Å²) in [5.74, 6) is -0.0541. The van der Waals surface area contributed by atoms with Crippen LogP contribution in [0.25, 0.3) is 16.7 Å². The fourth-order valence-corrected chi connectivity index (χ4v) is 3.71. The molecule has 0 radical (unpaired) electrons. The molecule has 7 nitrogen and oxygen atoms in total. The first-order valence-corrected chi connectivity index (χ1v) is 11.1. The minimum absolute atomic E-state index is 0.137. The van der Waals surface area contributed by atoms with E-state index >= 15 is 0 Å². The van der Waals surface area contributed by atoms with Crippen LogP contribution in [0.15, 0.2) is 59.5 Å². The van der Waals surface area contributed by atoms with Gasteiger partial charge in [-0.1, -0.05) is 25.5 Å². The molecule has 33 heavy (non-hydrogen) atoms. The van der Waals surface area contributed by atoms with E-state index in [-0.39, 0.29) is 30.2 Å². The zero-order valence-electron chi connectivity index (χ0n) is 18.7. The van der Waals surface area contributed by atoms with Gasteiger partial charge in [0.05, 0.1) is 11.9 Å². The van der Waals surface area contributed by atoms with E-state index in [1.807, 2.05) is 24.3 Å². The van der Waals surface area contributed by atoms with Gasteiger partial charge in [0.15, 0.2) is 5.65 Å². The minimum atomic E-state index is -0.354. The quantitative estimate of drug-likeness (QED) is 0.434. The SMILES string of the molecule is CCCCc1ccc(NC(=O)CCn2c(C)nc3c(cnn3-c3ccc(F)cc3)c2=O)cc1. The molecule has 0 atom stereocenters. The summed E-state index contributed by atoms with van der Waals surface area (Å²) < 4.78 is 16.2. The molecule has 1 N–H and O–H groups in total. The molecule has 170 valence electrons. The zero-order chi connectivity index (χ0) is 23.4. The van der Waals surface area contributed by atoms with Gasteiger partial charge in [-0.25, -0.2) is 14.1 Å². The average Bonchev–Trinajstić information content (AvgIpc) is 3.23. The Labute approximate surface area is 190 Å². The Morgan fingerprint density at radius 1 is 1.09 bits per heavy atom. The Kier molecular flexibility index (Phi) is 6.63. The number of fused-ring (bicyclic) bond motifs is 1. The number of nitrogens with zero attached hydrogens (tertiary/aromatic N) is 4. The van der Waals surface area contributed by atoms with Crippen LogP contribution in [0.3, 0.4) is 0 Å². The normalized spacial score (nSPS) is 11.1. The zero-order valence-corrected chi connectivity index (χ0v) is 18.7. The summed E-state index contributed by atoms with van der Waals surface area (Å²) in [5.41, 5.74) is 2.72. The number of aromatic nitrogens is 4. The van der Waals surface area contributed by atoms with Crippen molar-refractivity contribution in [3.63, 3.8) is 0 Å². The molecule has 0 aliphatic rings. The summed E-state index contributed by atoms with van der Waals surface area (Å²) in [5, 5.41) is 7.47. The van der Waals surface area contributed by atoms with Crippen molar-refractivity contribution in [3.05, 3.63) is 82.3 Å². The maximum absolute atomic E-state index is 13.2. The Balaban J connectivity index is 1.47. The first kappa shape index (κ1) is 22.4. The standard InChI is InChI=1S/C25H26FN5O2/c1-3-4-5-18-6-10-20(11-7-18)29-23(32)14-15-30-17(2)28-24-22(25(30)33)16-27-31(24)21-12-8-19(26)9-13-21/h6-13,16H,3-5,14-15H2,1-2H3,(H,29,32). The molecule has 1 amide bonds. The van der Waals surface area contributed by atoms with Gasteiger partial charge in [0.2, 0.25) is 5.91 Å². The number of halogens is 1. The summed E-state index contributed by atoms with van der Waals surface area (Å²) in [6.07, 6.45) is 4.90. The van der Waals surface area contributed by atoms with Gasteiger partial charge in [0.25, 0.3) is 5.56 Å². The number of carbonyl (C=O) groups excluding carboxylic acids is 1. The first-order valence-electron chi connectivity index (χ1n) is 11.1. The first-order chi connectivity index (χ1) is 16.0. The van der Waals surface area contributed by atoms with Crippen LogP contribution >= 0.6 is 0 Å². The van der Waals surface area contributed by atoms with E-state index in [1.54, 1.807) is 19.1 Å². The van der Waals surface area contributed by atoms with Gasteiger partial charge in [-0.2, -0.15) is 5.10 Å². The Morgan fingerprint density at radius 2 is 1.82 bits per heavy atom. The lowest BCUT2D eigenvalue weighted by molar-refractivity contribution is -0.116. The van der Waals surface area contributed by atoms with Crippen LogP contribution in [-0.2, 0) is 17.8 Å². The van der Waals surface area contributed by atoms with Crippen LogP contribution in [-0.4, -0.2) is 25.2 Å². The molecule has 2 aromatic carbocycles. The molecule has 4 rings (SSSR count). The lowest BCUT2D eigenvalue weighted by Crippen LogP contribution is -2.26. The van der Waals surface area contributed by atoms with Gasteiger partial charge < -0.3 is 5.32 Å². The van der Waals surface area contributed by atoms with Crippen molar-refractivity contribution in [2.45, 2.75) is 46.1 Å². The van der Waals surface area contributed by atoms with Gasteiger partial charge in [-0.05, 0) is 61.7 Å². The van der Waals surface area contributed by atoms with Crippen molar-refractivity contribution in [2.75, 3.05) is 5.32 Å². The molecule has 0 aliphatic carbocycles. The van der Waals surface area contributed by atoms with Crippen molar-refractivity contribution in [3.8, 4) is 5.69 Å². The average molecular weight is 448 g/mol. The summed E-state index contributed by atoms with van der Waals surface area (Å²) >= 11 is 0. The Bertz CT molecular complexity index is 1320. The van der Waals surface area contributed by atoms with Crippen LogP contribution < -0.4 is 10.9 Å². The van der Waals surface area contributed by atoms with Crippen molar-refractivity contribution in [1.82, 2.24) is 19.3 Å². The number of unbranched alkanes of at least 4 members (excludes halogenated alkanes) is 1. The molecule has 0 unspecified atom stereocenters. The van der Waals surface area contributed by atoms with E-state index in [1.165, 1.54) is 33.1 Å². The number of anilines is 1. The minimum Gasteiger partial charge on any atom is -0.326 e. The predicted molar refractivity (Wildman–Crippen MR) is 126 cm³/mol. The smallest absolute Gasteiger partial charge is 0.264 e. The predicted octanol–water partition coefficient (Wildman–Crippen LogP) is 4.40. The van der Waals surface area contributed by atoms with Crippen molar-refractivity contribution in [1.29, 1.82) is 0 Å². The van der Waals surface area contributed by atoms with Crippen LogP contribution in [0.2, 0.25) is 0 Å². The Morgan fingerprint density at radius 3 is 2.52 bits per heavy atom. The molecule has 0 fully saturated rings. The highest BCUT2D eigenvalue weighted by molar-refractivity contribution is 5.90. The van der Waals surface area contributed by atoms with Crippen molar-refractivity contribution < 1.29 is 9.18 Å². The molecular formula is C25H26FN5O2. The summed E-state index contributed by atoms with van der Waals surface area (Å²) in [6, 6.07) is 13.7. The number of amides is 1. The molecule has 0 bridgehead atoms. The van der Waals surface area contributed by atoms with Crippen LogP contribution in [0.5, 0.6) is 0 Å². The molecule has 0 spiro atoms. The van der Waals surface area contributed by atoms with Crippen molar-refractivity contribution >= 4 is 22.6 Å². The number of hydrogen-bond acceptors (Lipinski definition) is 4. The maximum Gasteiger partial charge on any atom is 0.264 e. The van der Waals surface area contributed by atoms with E-state index in [9.17, 15) is 14.0 Å². The number of rotatable bonds is 8. The third kappa shape index (κ3) is 5.00. The molecule has 4 aromatic rings. The number of hydrogen-bond donors (Lipinski definition) is 1. The van der Waals surface area contributed by atoms with E-state index in [0.717, 1.165) is 24.9 Å². The summed E-state index contributed by atoms with van der Waals surface area (Å²) in [7, 11) is 0. The summed E-state index contributed by atoms with van der Waals surface area (Å²) in [4.78, 5) is 30.0. The van der Waals surface area contributed by atoms with Gasteiger partial charge in [-0.3, -0.25) is 14.2 Å². The topological polar surface area (TPSA) is 81.8 Å². The Hall–Kier alpha value is -3.81. The molecule has 2 aromatic heterocycles. The second-order valence-corrected chi connectivity index (χ2v) is 7.98. The molecule has 0 aliphatic heterocycles. The highest BCUT2D eigenvalue weighted by atomic mass is 19.1. The maximum atomic E-state index is 13.2. The van der Waals surface area contributed by atoms with Crippen LogP contribution in [0, 0.1) is 12.7 Å².